The quantitative estimate of drug-likeness (QED) is 0.800. The summed E-state index contributed by atoms with van der Waals surface area (Å²) in [6, 6.07) is 3.02. The summed E-state index contributed by atoms with van der Waals surface area (Å²) in [4.78, 5) is 7.17. The van der Waals surface area contributed by atoms with Crippen molar-refractivity contribution in [2.24, 2.45) is 0 Å². The Morgan fingerprint density at radius 2 is 2.25 bits per heavy atom. The van der Waals surface area contributed by atoms with Crippen molar-refractivity contribution in [2.75, 3.05) is 11.9 Å². The molecule has 0 fully saturated rings. The lowest BCUT2D eigenvalue weighted by Crippen LogP contribution is -2.35. The van der Waals surface area contributed by atoms with Crippen molar-refractivity contribution in [3.63, 3.8) is 0 Å². The second-order valence-electron chi connectivity index (χ2n) is 2.82. The van der Waals surface area contributed by atoms with Crippen LogP contribution in [0, 0.1) is 11.3 Å². The molecule has 0 aliphatic rings. The number of rotatable bonds is 3. The number of hydrogen-bond donors (Lipinski definition) is 2. The highest BCUT2D eigenvalue weighted by molar-refractivity contribution is 5.30. The molecule has 1 aromatic rings. The Morgan fingerprint density at radius 3 is 2.81 bits per heavy atom. The Kier molecular flexibility index (Phi) is 3.63. The van der Waals surface area contributed by atoms with Crippen LogP contribution in [-0.4, -0.2) is 33.9 Å². The molecule has 0 radical (unpaired) electrons. The van der Waals surface area contributed by atoms with Gasteiger partial charge in [0.05, 0.1) is 6.54 Å². The van der Waals surface area contributed by atoms with Gasteiger partial charge >= 0.3 is 6.18 Å². The average molecular weight is 232 g/mol. The molecule has 0 aliphatic carbocycles. The molecule has 1 unspecified atom stereocenters. The van der Waals surface area contributed by atoms with Gasteiger partial charge < -0.3 is 10.4 Å². The molecule has 2 N–H and O–H groups in total. The number of halogens is 3. The molecule has 1 atom stereocenters. The number of nitrogens with one attached hydrogen (secondary N) is 1. The summed E-state index contributed by atoms with van der Waals surface area (Å²) in [5.41, 5.74) is 0.0269. The molecule has 0 bridgehead atoms. The van der Waals surface area contributed by atoms with E-state index in [9.17, 15) is 13.2 Å². The van der Waals surface area contributed by atoms with Crippen molar-refractivity contribution in [1.82, 2.24) is 9.97 Å². The third kappa shape index (κ3) is 3.36. The van der Waals surface area contributed by atoms with Gasteiger partial charge in [-0.3, -0.25) is 0 Å². The molecule has 86 valence electrons. The fourth-order valence-corrected chi connectivity index (χ4v) is 0.810. The number of nitrogens with zero attached hydrogens (tertiary/aromatic N) is 3. The first kappa shape index (κ1) is 12.2. The van der Waals surface area contributed by atoms with Gasteiger partial charge in [0.15, 0.2) is 6.10 Å². The van der Waals surface area contributed by atoms with Gasteiger partial charge in [-0.25, -0.2) is 9.97 Å². The van der Waals surface area contributed by atoms with Gasteiger partial charge in [0.2, 0.25) is 5.95 Å². The second kappa shape index (κ2) is 4.76. The third-order valence-corrected chi connectivity index (χ3v) is 1.60. The summed E-state index contributed by atoms with van der Waals surface area (Å²) in [6.45, 7) is -0.765. The molecule has 0 aromatic carbocycles. The maximum Gasteiger partial charge on any atom is 0.416 e. The van der Waals surface area contributed by atoms with Crippen LogP contribution in [0.25, 0.3) is 0 Å². The molecule has 0 amide bonds. The highest BCUT2D eigenvalue weighted by atomic mass is 19.4. The van der Waals surface area contributed by atoms with Crippen molar-refractivity contribution in [3.8, 4) is 6.07 Å². The van der Waals surface area contributed by atoms with Crippen LogP contribution in [-0.2, 0) is 0 Å². The number of alkyl halides is 3. The van der Waals surface area contributed by atoms with E-state index in [0.717, 1.165) is 0 Å². The molecule has 0 aliphatic heterocycles. The number of aromatic nitrogens is 2. The summed E-state index contributed by atoms with van der Waals surface area (Å²) < 4.78 is 35.7. The summed E-state index contributed by atoms with van der Waals surface area (Å²) in [5.74, 6) is -0.137. The van der Waals surface area contributed by atoms with Crippen LogP contribution in [0.15, 0.2) is 12.3 Å². The number of aliphatic hydroxyl groups is 1. The van der Waals surface area contributed by atoms with Gasteiger partial charge in [-0.1, -0.05) is 0 Å². The van der Waals surface area contributed by atoms with E-state index in [4.69, 9.17) is 10.4 Å². The Bertz CT molecular complexity index is 401. The zero-order chi connectivity index (χ0) is 12.2. The number of aliphatic hydroxyl groups excluding tert-OH is 1. The predicted octanol–water partition coefficient (Wildman–Crippen LogP) is 0.683. The van der Waals surface area contributed by atoms with Gasteiger partial charge in [-0.05, 0) is 6.07 Å². The molecule has 0 saturated heterocycles. The maximum atomic E-state index is 11.9. The third-order valence-electron chi connectivity index (χ3n) is 1.60. The molecule has 8 heteroatoms. The monoisotopic (exact) mass is 232 g/mol. The van der Waals surface area contributed by atoms with Crippen molar-refractivity contribution in [2.45, 2.75) is 12.3 Å². The first-order valence-corrected chi connectivity index (χ1v) is 4.15. The second-order valence-corrected chi connectivity index (χ2v) is 2.82. The van der Waals surface area contributed by atoms with E-state index in [2.05, 4.69) is 15.3 Å². The van der Waals surface area contributed by atoms with Crippen LogP contribution in [0.1, 0.15) is 5.69 Å². The van der Waals surface area contributed by atoms with Crippen LogP contribution < -0.4 is 5.32 Å². The Hall–Kier alpha value is -1.88. The highest BCUT2D eigenvalue weighted by Crippen LogP contribution is 2.19. The maximum absolute atomic E-state index is 11.9. The minimum absolute atomic E-state index is 0.0269. The number of anilines is 1. The average Bonchev–Trinajstić information content (AvgIpc) is 2.25. The number of nitriles is 1. The van der Waals surface area contributed by atoms with E-state index in [0.29, 0.717) is 0 Å². The summed E-state index contributed by atoms with van der Waals surface area (Å²) in [5, 5.41) is 19.3. The lowest BCUT2D eigenvalue weighted by Gasteiger charge is -2.14. The topological polar surface area (TPSA) is 81.8 Å². The minimum Gasteiger partial charge on any atom is -0.382 e. The van der Waals surface area contributed by atoms with Gasteiger partial charge in [0, 0.05) is 6.20 Å². The van der Waals surface area contributed by atoms with Crippen molar-refractivity contribution < 1.29 is 18.3 Å². The van der Waals surface area contributed by atoms with E-state index < -0.39 is 18.8 Å². The standard InChI is InChI=1S/C8H7F3N4O/c9-8(10,11)6(16)4-14-7-13-2-1-5(3-12)15-7/h1-2,6,16H,4H2,(H,13,14,15). The largest absolute Gasteiger partial charge is 0.416 e. The highest BCUT2D eigenvalue weighted by Gasteiger charge is 2.37. The first-order valence-electron chi connectivity index (χ1n) is 4.15. The molecule has 16 heavy (non-hydrogen) atoms. The number of hydrogen-bond acceptors (Lipinski definition) is 5. The Morgan fingerprint density at radius 1 is 1.56 bits per heavy atom. The fraction of sp³-hybridized carbons (Fsp3) is 0.375. The summed E-state index contributed by atoms with van der Waals surface area (Å²) in [6.07, 6.45) is -5.96. The van der Waals surface area contributed by atoms with Crippen LogP contribution in [0.2, 0.25) is 0 Å². The van der Waals surface area contributed by atoms with E-state index in [1.807, 2.05) is 0 Å². The molecule has 1 rings (SSSR count). The van der Waals surface area contributed by atoms with E-state index in [-0.39, 0.29) is 11.6 Å². The zero-order valence-corrected chi connectivity index (χ0v) is 7.86. The Labute approximate surface area is 88.6 Å². The minimum atomic E-state index is -4.69. The Balaban J connectivity index is 2.59. The normalized spacial score (nSPS) is 12.9. The molecular weight excluding hydrogens is 225 g/mol. The van der Waals surface area contributed by atoms with Gasteiger partial charge in [-0.2, -0.15) is 18.4 Å². The van der Waals surface area contributed by atoms with Gasteiger partial charge in [0.25, 0.3) is 0 Å². The smallest absolute Gasteiger partial charge is 0.382 e. The summed E-state index contributed by atoms with van der Waals surface area (Å²) >= 11 is 0. The zero-order valence-electron chi connectivity index (χ0n) is 7.86. The van der Waals surface area contributed by atoms with E-state index in [1.165, 1.54) is 12.3 Å². The van der Waals surface area contributed by atoms with E-state index >= 15 is 0 Å². The van der Waals surface area contributed by atoms with Crippen molar-refractivity contribution in [3.05, 3.63) is 18.0 Å². The predicted molar refractivity (Wildman–Crippen MR) is 47.3 cm³/mol. The lowest BCUT2D eigenvalue weighted by molar-refractivity contribution is -0.198. The van der Waals surface area contributed by atoms with Crippen LogP contribution in [0.5, 0.6) is 0 Å². The van der Waals surface area contributed by atoms with Crippen LogP contribution >= 0.6 is 0 Å². The SMILES string of the molecule is N#Cc1ccnc(NCC(O)C(F)(F)F)n1. The first-order chi connectivity index (χ1) is 7.43. The molecule has 1 heterocycles. The summed E-state index contributed by atoms with van der Waals surface area (Å²) in [7, 11) is 0. The van der Waals surface area contributed by atoms with Crippen LogP contribution in [0.3, 0.4) is 0 Å². The lowest BCUT2D eigenvalue weighted by atomic mass is 10.3. The molecule has 5 nitrogen and oxygen atoms in total. The van der Waals surface area contributed by atoms with Crippen LogP contribution in [0.4, 0.5) is 19.1 Å². The molecule has 1 aromatic heterocycles. The molecular formula is C8H7F3N4O. The molecule has 0 spiro atoms. The van der Waals surface area contributed by atoms with Crippen molar-refractivity contribution in [1.29, 1.82) is 5.26 Å². The van der Waals surface area contributed by atoms with Gasteiger partial charge in [0.1, 0.15) is 11.8 Å². The fourth-order valence-electron chi connectivity index (χ4n) is 0.810. The molecule has 0 saturated carbocycles. The van der Waals surface area contributed by atoms with Crippen molar-refractivity contribution >= 4 is 5.95 Å². The van der Waals surface area contributed by atoms with E-state index in [1.54, 1.807) is 6.07 Å². The van der Waals surface area contributed by atoms with Gasteiger partial charge in [-0.15, -0.1) is 0 Å².